The second-order valence-corrected chi connectivity index (χ2v) is 4.66. The summed E-state index contributed by atoms with van der Waals surface area (Å²) in [4.78, 5) is 0. The van der Waals surface area contributed by atoms with Crippen LogP contribution < -0.4 is 0 Å². The lowest BCUT2D eigenvalue weighted by Gasteiger charge is -2.17. The molecule has 72 valence electrons. The van der Waals surface area contributed by atoms with Crippen molar-refractivity contribution in [3.63, 3.8) is 0 Å². The Hall–Kier alpha value is -0.920. The molecule has 1 aromatic rings. The first-order chi connectivity index (χ1) is 6.08. The molecule has 1 heterocycles. The monoisotopic (exact) mass is 178 g/mol. The van der Waals surface area contributed by atoms with E-state index in [4.69, 9.17) is 0 Å². The molecule has 0 atom stereocenters. The number of nitrogens with zero attached hydrogens (tertiary/aromatic N) is 2. The predicted octanol–water partition coefficient (Wildman–Crippen LogP) is 2.85. The summed E-state index contributed by atoms with van der Waals surface area (Å²) in [7, 11) is 0. The van der Waals surface area contributed by atoms with E-state index in [1.165, 1.54) is 18.4 Å². The van der Waals surface area contributed by atoms with Crippen LogP contribution in [0, 0.1) is 5.41 Å². The molecule has 0 aliphatic heterocycles. The molecule has 0 aliphatic carbocycles. The standard InChI is InChI=1S/C11H18N2/c1-11(2,3)7-4-5-10-6-8-12-13-9-10/h6,8-9H,4-5,7H2,1-3H3. The van der Waals surface area contributed by atoms with Gasteiger partial charge in [-0.25, -0.2) is 0 Å². The van der Waals surface area contributed by atoms with Crippen LogP contribution in [0.2, 0.25) is 0 Å². The van der Waals surface area contributed by atoms with Crippen LogP contribution in [0.15, 0.2) is 18.5 Å². The summed E-state index contributed by atoms with van der Waals surface area (Å²) in [6, 6.07) is 2.04. The Morgan fingerprint density at radius 3 is 2.54 bits per heavy atom. The Labute approximate surface area is 80.4 Å². The van der Waals surface area contributed by atoms with E-state index in [9.17, 15) is 0 Å². The van der Waals surface area contributed by atoms with Gasteiger partial charge in [0.25, 0.3) is 0 Å². The zero-order valence-corrected chi connectivity index (χ0v) is 8.75. The van der Waals surface area contributed by atoms with Gasteiger partial charge in [0.2, 0.25) is 0 Å². The van der Waals surface area contributed by atoms with Crippen molar-refractivity contribution in [2.24, 2.45) is 5.41 Å². The van der Waals surface area contributed by atoms with Gasteiger partial charge in [0.05, 0.1) is 6.20 Å². The molecule has 0 aromatic carbocycles. The normalized spacial score (nSPS) is 11.6. The van der Waals surface area contributed by atoms with Crippen LogP contribution >= 0.6 is 0 Å². The average Bonchev–Trinajstić information content (AvgIpc) is 2.04. The number of aromatic nitrogens is 2. The average molecular weight is 178 g/mol. The Balaban J connectivity index is 2.29. The molecule has 0 fully saturated rings. The molecule has 0 spiro atoms. The minimum absolute atomic E-state index is 0.445. The van der Waals surface area contributed by atoms with Gasteiger partial charge in [0.15, 0.2) is 0 Å². The van der Waals surface area contributed by atoms with Crippen molar-refractivity contribution in [1.29, 1.82) is 0 Å². The zero-order valence-electron chi connectivity index (χ0n) is 8.75. The second-order valence-electron chi connectivity index (χ2n) is 4.66. The summed E-state index contributed by atoms with van der Waals surface area (Å²) in [6.45, 7) is 6.83. The van der Waals surface area contributed by atoms with Crippen LogP contribution in [0.25, 0.3) is 0 Å². The van der Waals surface area contributed by atoms with E-state index in [2.05, 4.69) is 31.0 Å². The Morgan fingerprint density at radius 1 is 1.23 bits per heavy atom. The molecule has 2 nitrogen and oxygen atoms in total. The van der Waals surface area contributed by atoms with E-state index in [1.54, 1.807) is 6.20 Å². The lowest BCUT2D eigenvalue weighted by atomic mass is 9.89. The van der Waals surface area contributed by atoms with Crippen LogP contribution in [0.3, 0.4) is 0 Å². The molecule has 0 aliphatic rings. The van der Waals surface area contributed by atoms with Crippen molar-refractivity contribution in [2.45, 2.75) is 40.0 Å². The molecule has 2 heteroatoms. The van der Waals surface area contributed by atoms with Gasteiger partial charge < -0.3 is 0 Å². The fourth-order valence-corrected chi connectivity index (χ4v) is 1.29. The highest BCUT2D eigenvalue weighted by atomic mass is 15.1. The third-order valence-electron chi connectivity index (χ3n) is 2.04. The highest BCUT2D eigenvalue weighted by molar-refractivity contribution is 5.04. The van der Waals surface area contributed by atoms with Crippen molar-refractivity contribution in [3.05, 3.63) is 24.0 Å². The van der Waals surface area contributed by atoms with Gasteiger partial charge in [0, 0.05) is 6.20 Å². The molecule has 0 amide bonds. The van der Waals surface area contributed by atoms with E-state index >= 15 is 0 Å². The molecule has 1 rings (SSSR count). The van der Waals surface area contributed by atoms with Crippen LogP contribution in [-0.4, -0.2) is 10.2 Å². The minimum atomic E-state index is 0.445. The molecule has 0 radical (unpaired) electrons. The summed E-state index contributed by atoms with van der Waals surface area (Å²) < 4.78 is 0. The molecule has 0 bridgehead atoms. The van der Waals surface area contributed by atoms with E-state index in [0.717, 1.165) is 6.42 Å². The first-order valence-electron chi connectivity index (χ1n) is 4.83. The lowest BCUT2D eigenvalue weighted by Crippen LogP contribution is -2.05. The van der Waals surface area contributed by atoms with Gasteiger partial charge in [-0.1, -0.05) is 20.8 Å². The van der Waals surface area contributed by atoms with Gasteiger partial charge in [-0.15, -0.1) is 0 Å². The van der Waals surface area contributed by atoms with Crippen molar-refractivity contribution in [1.82, 2.24) is 10.2 Å². The quantitative estimate of drug-likeness (QED) is 0.711. The van der Waals surface area contributed by atoms with E-state index in [1.807, 2.05) is 12.3 Å². The van der Waals surface area contributed by atoms with Crippen LogP contribution in [0.4, 0.5) is 0 Å². The highest BCUT2D eigenvalue weighted by Gasteiger charge is 2.08. The zero-order chi connectivity index (χ0) is 9.73. The minimum Gasteiger partial charge on any atom is -0.159 e. The highest BCUT2D eigenvalue weighted by Crippen LogP contribution is 2.21. The Bertz CT molecular complexity index is 236. The van der Waals surface area contributed by atoms with Crippen molar-refractivity contribution in [2.75, 3.05) is 0 Å². The van der Waals surface area contributed by atoms with Gasteiger partial charge in [-0.2, -0.15) is 10.2 Å². The summed E-state index contributed by atoms with van der Waals surface area (Å²) >= 11 is 0. The molecule has 0 unspecified atom stereocenters. The smallest absolute Gasteiger partial charge is 0.0528 e. The fraction of sp³-hybridized carbons (Fsp3) is 0.636. The third-order valence-corrected chi connectivity index (χ3v) is 2.04. The molecule has 13 heavy (non-hydrogen) atoms. The molecular formula is C11H18N2. The van der Waals surface area contributed by atoms with Crippen molar-refractivity contribution in [3.8, 4) is 0 Å². The van der Waals surface area contributed by atoms with E-state index < -0.39 is 0 Å². The lowest BCUT2D eigenvalue weighted by molar-refractivity contribution is 0.365. The first-order valence-corrected chi connectivity index (χ1v) is 4.83. The summed E-state index contributed by atoms with van der Waals surface area (Å²) in [6.07, 6.45) is 7.21. The summed E-state index contributed by atoms with van der Waals surface area (Å²) in [5, 5.41) is 7.60. The first kappa shape index (κ1) is 10.2. The molecule has 1 aromatic heterocycles. The van der Waals surface area contributed by atoms with Gasteiger partial charge in [0.1, 0.15) is 0 Å². The summed E-state index contributed by atoms with van der Waals surface area (Å²) in [5.74, 6) is 0. The van der Waals surface area contributed by atoms with E-state index in [-0.39, 0.29) is 0 Å². The number of hydrogen-bond donors (Lipinski definition) is 0. The van der Waals surface area contributed by atoms with Crippen LogP contribution in [-0.2, 0) is 6.42 Å². The molecule has 0 saturated heterocycles. The topological polar surface area (TPSA) is 25.8 Å². The Morgan fingerprint density at radius 2 is 2.00 bits per heavy atom. The van der Waals surface area contributed by atoms with Crippen LogP contribution in [0.5, 0.6) is 0 Å². The van der Waals surface area contributed by atoms with Gasteiger partial charge >= 0.3 is 0 Å². The largest absolute Gasteiger partial charge is 0.159 e. The maximum absolute atomic E-state index is 3.85. The van der Waals surface area contributed by atoms with Crippen LogP contribution in [0.1, 0.15) is 39.2 Å². The fourth-order valence-electron chi connectivity index (χ4n) is 1.29. The van der Waals surface area contributed by atoms with Crippen molar-refractivity contribution < 1.29 is 0 Å². The maximum atomic E-state index is 3.85. The third kappa shape index (κ3) is 4.61. The second kappa shape index (κ2) is 4.35. The number of aryl methyl sites for hydroxylation is 1. The SMILES string of the molecule is CC(C)(C)CCCc1ccnnc1. The van der Waals surface area contributed by atoms with Crippen molar-refractivity contribution >= 4 is 0 Å². The Kier molecular flexibility index (Phi) is 3.40. The maximum Gasteiger partial charge on any atom is 0.0528 e. The predicted molar refractivity (Wildman–Crippen MR) is 54.4 cm³/mol. The molecular weight excluding hydrogens is 160 g/mol. The molecule has 0 N–H and O–H groups in total. The van der Waals surface area contributed by atoms with Gasteiger partial charge in [-0.05, 0) is 36.3 Å². The summed E-state index contributed by atoms with van der Waals surface area (Å²) in [5.41, 5.74) is 1.74. The number of rotatable bonds is 3. The number of hydrogen-bond acceptors (Lipinski definition) is 2. The van der Waals surface area contributed by atoms with Gasteiger partial charge in [-0.3, -0.25) is 0 Å². The van der Waals surface area contributed by atoms with E-state index in [0.29, 0.717) is 5.41 Å². The molecule has 0 saturated carbocycles.